The highest BCUT2D eigenvalue weighted by molar-refractivity contribution is 7.90. The zero-order valence-electron chi connectivity index (χ0n) is 12.3. The van der Waals surface area contributed by atoms with E-state index in [1.165, 1.54) is 40.9 Å². The van der Waals surface area contributed by atoms with Crippen molar-refractivity contribution in [3.05, 3.63) is 51.7 Å². The molecule has 0 aliphatic heterocycles. The number of nitrogens with one attached hydrogen (secondary N) is 1. The first-order valence-corrected chi connectivity index (χ1v) is 10.6. The van der Waals surface area contributed by atoms with Crippen LogP contribution in [0.25, 0.3) is 10.6 Å². The molecule has 0 saturated heterocycles. The van der Waals surface area contributed by atoms with Gasteiger partial charge in [0.15, 0.2) is 15.0 Å². The van der Waals surface area contributed by atoms with Gasteiger partial charge in [-0.15, -0.1) is 22.7 Å². The summed E-state index contributed by atoms with van der Waals surface area (Å²) in [6.45, 7) is 0. The number of anilines is 1. The number of carbonyl (C=O) groups excluding carboxylic acids is 1. The zero-order valence-corrected chi connectivity index (χ0v) is 15.5. The second-order valence-corrected chi connectivity index (χ2v) is 9.48. The minimum Gasteiger partial charge on any atom is -0.298 e. The number of amides is 1. The maximum Gasteiger partial charge on any atom is 0.257 e. The van der Waals surface area contributed by atoms with Gasteiger partial charge in [-0.1, -0.05) is 17.7 Å². The summed E-state index contributed by atoms with van der Waals surface area (Å²) in [5.41, 5.74) is 0.992. The number of halogens is 1. The van der Waals surface area contributed by atoms with E-state index < -0.39 is 15.7 Å². The minimum atomic E-state index is -3.37. The highest BCUT2D eigenvalue weighted by Gasteiger charge is 2.14. The number of rotatable bonds is 4. The molecule has 0 saturated carbocycles. The number of nitrogens with zero attached hydrogens (tertiary/aromatic N) is 1. The number of hydrogen-bond acceptors (Lipinski definition) is 6. The fourth-order valence-corrected chi connectivity index (χ4v) is 4.38. The van der Waals surface area contributed by atoms with Crippen molar-refractivity contribution in [2.24, 2.45) is 0 Å². The largest absolute Gasteiger partial charge is 0.298 e. The topological polar surface area (TPSA) is 76.1 Å². The third-order valence-electron chi connectivity index (χ3n) is 3.07. The fraction of sp³-hybridized carbons (Fsp3) is 0.0667. The molecule has 9 heteroatoms. The summed E-state index contributed by atoms with van der Waals surface area (Å²) in [6.07, 6.45) is 1.10. The molecule has 3 rings (SSSR count). The number of aromatic nitrogens is 1. The molecule has 0 atom stereocenters. The van der Waals surface area contributed by atoms with E-state index in [2.05, 4.69) is 10.3 Å². The van der Waals surface area contributed by atoms with Gasteiger partial charge in [0.2, 0.25) is 0 Å². The van der Waals surface area contributed by atoms with Crippen molar-refractivity contribution in [1.82, 2.24) is 4.98 Å². The number of carbonyl (C=O) groups is 1. The second-order valence-electron chi connectivity index (χ2n) is 4.90. The van der Waals surface area contributed by atoms with Crippen molar-refractivity contribution in [1.29, 1.82) is 0 Å². The van der Waals surface area contributed by atoms with Gasteiger partial charge in [0.05, 0.1) is 19.8 Å². The maximum absolute atomic E-state index is 12.3. The SMILES string of the molecule is CS(=O)(=O)c1cccc(C(=O)Nc2nc(-c3ccc(Cl)s3)cs2)c1. The van der Waals surface area contributed by atoms with Gasteiger partial charge in [-0.3, -0.25) is 10.1 Å². The lowest BCUT2D eigenvalue weighted by molar-refractivity contribution is 0.102. The average Bonchev–Trinajstić information content (AvgIpc) is 3.15. The normalized spacial score (nSPS) is 11.4. The van der Waals surface area contributed by atoms with Gasteiger partial charge in [-0.25, -0.2) is 13.4 Å². The lowest BCUT2D eigenvalue weighted by Crippen LogP contribution is -2.12. The molecule has 0 bridgehead atoms. The van der Waals surface area contributed by atoms with Crippen molar-refractivity contribution in [2.45, 2.75) is 4.90 Å². The summed E-state index contributed by atoms with van der Waals surface area (Å²) >= 11 is 8.60. The summed E-state index contributed by atoms with van der Waals surface area (Å²) in [4.78, 5) is 17.6. The molecular weight excluding hydrogens is 388 g/mol. The van der Waals surface area contributed by atoms with Crippen LogP contribution in [0.15, 0.2) is 46.7 Å². The van der Waals surface area contributed by atoms with Crippen LogP contribution < -0.4 is 5.32 Å². The minimum absolute atomic E-state index is 0.100. The van der Waals surface area contributed by atoms with Crippen molar-refractivity contribution >= 4 is 55.2 Å². The molecule has 0 spiro atoms. The quantitative estimate of drug-likeness (QED) is 0.715. The van der Waals surface area contributed by atoms with Crippen LogP contribution in [0.4, 0.5) is 5.13 Å². The Bertz CT molecular complexity index is 1010. The molecular formula is C15H11ClN2O3S3. The lowest BCUT2D eigenvalue weighted by atomic mass is 10.2. The predicted molar refractivity (Wildman–Crippen MR) is 97.9 cm³/mol. The van der Waals surface area contributed by atoms with Crippen LogP contribution in [0.2, 0.25) is 4.34 Å². The summed E-state index contributed by atoms with van der Waals surface area (Å²) in [6, 6.07) is 9.54. The van der Waals surface area contributed by atoms with Crippen molar-refractivity contribution in [2.75, 3.05) is 11.6 Å². The van der Waals surface area contributed by atoms with Crippen molar-refractivity contribution in [3.63, 3.8) is 0 Å². The van der Waals surface area contributed by atoms with E-state index in [0.29, 0.717) is 9.47 Å². The van der Waals surface area contributed by atoms with Gasteiger partial charge in [-0.2, -0.15) is 0 Å². The van der Waals surface area contributed by atoms with E-state index >= 15 is 0 Å². The van der Waals surface area contributed by atoms with E-state index in [9.17, 15) is 13.2 Å². The maximum atomic E-state index is 12.3. The Morgan fingerprint density at radius 3 is 2.71 bits per heavy atom. The molecule has 0 aliphatic carbocycles. The van der Waals surface area contributed by atoms with E-state index in [1.54, 1.807) is 12.1 Å². The van der Waals surface area contributed by atoms with Crippen molar-refractivity contribution in [3.8, 4) is 10.6 Å². The van der Waals surface area contributed by atoms with E-state index in [1.807, 2.05) is 11.4 Å². The molecule has 2 heterocycles. The Morgan fingerprint density at radius 2 is 2.04 bits per heavy atom. The number of thiophene rings is 1. The van der Waals surface area contributed by atoms with Crippen LogP contribution in [0.5, 0.6) is 0 Å². The number of thiazole rings is 1. The first-order valence-electron chi connectivity index (χ1n) is 6.65. The fourth-order valence-electron chi connectivity index (χ4n) is 1.93. The predicted octanol–water partition coefficient (Wildman–Crippen LogP) is 4.18. The third kappa shape index (κ3) is 3.84. The Balaban J connectivity index is 1.79. The molecule has 1 amide bonds. The molecule has 5 nitrogen and oxygen atoms in total. The number of hydrogen-bond donors (Lipinski definition) is 1. The molecule has 1 N–H and O–H groups in total. The van der Waals surface area contributed by atoms with Crippen LogP contribution in [0, 0.1) is 0 Å². The number of benzene rings is 1. The standard InChI is InChI=1S/C15H11ClN2O3S3/c1-24(20,21)10-4-2-3-9(7-10)14(19)18-15-17-11(8-22-15)12-5-6-13(16)23-12/h2-8H,1H3,(H,17,18,19). The third-order valence-corrected chi connectivity index (χ3v) is 6.20. The van der Waals surface area contributed by atoms with Gasteiger partial charge in [0.1, 0.15) is 0 Å². The van der Waals surface area contributed by atoms with Gasteiger partial charge in [0, 0.05) is 17.2 Å². The Morgan fingerprint density at radius 1 is 1.25 bits per heavy atom. The summed E-state index contributed by atoms with van der Waals surface area (Å²) < 4.78 is 23.8. The molecule has 2 aromatic heterocycles. The van der Waals surface area contributed by atoms with Gasteiger partial charge in [0.25, 0.3) is 5.91 Å². The number of sulfone groups is 1. The molecule has 3 aromatic rings. The molecule has 0 radical (unpaired) electrons. The van der Waals surface area contributed by atoms with Gasteiger partial charge >= 0.3 is 0 Å². The summed E-state index contributed by atoms with van der Waals surface area (Å²) in [7, 11) is -3.37. The Labute approximate surface area is 151 Å². The summed E-state index contributed by atoms with van der Waals surface area (Å²) in [5, 5.41) is 4.94. The lowest BCUT2D eigenvalue weighted by Gasteiger charge is -2.04. The Kier molecular flexibility index (Phi) is 4.73. The van der Waals surface area contributed by atoms with Crippen LogP contribution in [-0.2, 0) is 9.84 Å². The Hall–Kier alpha value is -1.74. The zero-order chi connectivity index (χ0) is 17.3. The first-order chi connectivity index (χ1) is 11.3. The van der Waals surface area contributed by atoms with Crippen LogP contribution in [0.3, 0.4) is 0 Å². The van der Waals surface area contributed by atoms with E-state index in [0.717, 1.165) is 16.8 Å². The van der Waals surface area contributed by atoms with E-state index in [4.69, 9.17) is 11.6 Å². The highest BCUT2D eigenvalue weighted by Crippen LogP contribution is 2.32. The van der Waals surface area contributed by atoms with Crippen LogP contribution >= 0.6 is 34.3 Å². The molecule has 24 heavy (non-hydrogen) atoms. The molecule has 0 unspecified atom stereocenters. The van der Waals surface area contributed by atoms with Crippen LogP contribution in [-0.4, -0.2) is 25.6 Å². The smallest absolute Gasteiger partial charge is 0.257 e. The van der Waals surface area contributed by atoms with E-state index in [-0.39, 0.29) is 10.5 Å². The molecule has 0 fully saturated rings. The molecule has 0 aliphatic rings. The summed E-state index contributed by atoms with van der Waals surface area (Å²) in [5.74, 6) is -0.411. The van der Waals surface area contributed by atoms with Crippen LogP contribution in [0.1, 0.15) is 10.4 Å². The first kappa shape index (κ1) is 17.1. The highest BCUT2D eigenvalue weighted by atomic mass is 35.5. The average molecular weight is 399 g/mol. The second kappa shape index (κ2) is 6.64. The van der Waals surface area contributed by atoms with Gasteiger partial charge in [-0.05, 0) is 30.3 Å². The molecule has 124 valence electrons. The monoisotopic (exact) mass is 398 g/mol. The molecule has 1 aromatic carbocycles. The van der Waals surface area contributed by atoms with Crippen molar-refractivity contribution < 1.29 is 13.2 Å². The van der Waals surface area contributed by atoms with Gasteiger partial charge < -0.3 is 0 Å².